The number of carbonyl (C=O) groups is 1. The number of hydrogen-bond donors (Lipinski definition) is 2. The molecule has 0 radical (unpaired) electrons. The highest BCUT2D eigenvalue weighted by Crippen LogP contribution is 2.27. The van der Waals surface area contributed by atoms with E-state index in [0.717, 1.165) is 19.6 Å². The van der Waals surface area contributed by atoms with Crippen LogP contribution in [-0.2, 0) is 4.79 Å². The minimum absolute atomic E-state index is 0.113. The van der Waals surface area contributed by atoms with Gasteiger partial charge in [-0.05, 0) is 11.1 Å². The van der Waals surface area contributed by atoms with Crippen LogP contribution in [0, 0.1) is 5.92 Å². The van der Waals surface area contributed by atoms with Crippen molar-refractivity contribution in [3.63, 3.8) is 0 Å². The number of hydrogen-bond acceptors (Lipinski definition) is 2. The standard InChI is InChI=1S/C19H22N2O/c22-19(21-14-15-12-20-13-15)11-18(16-7-3-1-4-8-16)17-9-5-2-6-10-17/h1-10,15,18,20H,11-14H2,(H,21,22). The Morgan fingerprint density at radius 3 is 2.00 bits per heavy atom. The van der Waals surface area contributed by atoms with Crippen molar-refractivity contribution in [3.05, 3.63) is 71.8 Å². The average Bonchev–Trinajstić information content (AvgIpc) is 2.53. The number of nitrogens with one attached hydrogen (secondary N) is 2. The first-order chi connectivity index (χ1) is 10.8. The molecule has 0 atom stereocenters. The highest BCUT2D eigenvalue weighted by atomic mass is 16.1. The third-order valence-corrected chi connectivity index (χ3v) is 4.25. The van der Waals surface area contributed by atoms with Crippen LogP contribution in [0.15, 0.2) is 60.7 Å². The van der Waals surface area contributed by atoms with Gasteiger partial charge in [0.05, 0.1) is 0 Å². The molecule has 1 heterocycles. The average molecular weight is 294 g/mol. The number of benzene rings is 2. The van der Waals surface area contributed by atoms with Crippen molar-refractivity contribution in [1.29, 1.82) is 0 Å². The van der Waals surface area contributed by atoms with Gasteiger partial charge in [0.25, 0.3) is 0 Å². The molecule has 0 aromatic heterocycles. The van der Waals surface area contributed by atoms with Crippen LogP contribution in [0.3, 0.4) is 0 Å². The van der Waals surface area contributed by atoms with Gasteiger partial charge in [0, 0.05) is 37.9 Å². The summed E-state index contributed by atoms with van der Waals surface area (Å²) >= 11 is 0. The van der Waals surface area contributed by atoms with E-state index in [1.54, 1.807) is 0 Å². The summed E-state index contributed by atoms with van der Waals surface area (Å²) < 4.78 is 0. The van der Waals surface area contributed by atoms with Gasteiger partial charge in [0.1, 0.15) is 0 Å². The van der Waals surface area contributed by atoms with E-state index >= 15 is 0 Å². The second-order valence-corrected chi connectivity index (χ2v) is 5.91. The zero-order chi connectivity index (χ0) is 15.2. The van der Waals surface area contributed by atoms with Crippen LogP contribution in [-0.4, -0.2) is 25.5 Å². The lowest BCUT2D eigenvalue weighted by molar-refractivity contribution is -0.121. The SMILES string of the molecule is O=C(CC(c1ccccc1)c1ccccc1)NCC1CNC1. The third kappa shape index (κ3) is 3.74. The topological polar surface area (TPSA) is 41.1 Å². The minimum atomic E-state index is 0.113. The first kappa shape index (κ1) is 14.8. The molecule has 114 valence electrons. The maximum atomic E-state index is 12.3. The van der Waals surface area contributed by atoms with Crippen LogP contribution < -0.4 is 10.6 Å². The molecule has 1 fully saturated rings. The molecule has 0 saturated carbocycles. The van der Waals surface area contributed by atoms with Crippen LogP contribution in [0.25, 0.3) is 0 Å². The lowest BCUT2D eigenvalue weighted by Gasteiger charge is -2.27. The molecule has 2 aromatic carbocycles. The Morgan fingerprint density at radius 1 is 1.00 bits per heavy atom. The van der Waals surface area contributed by atoms with Crippen LogP contribution in [0.1, 0.15) is 23.5 Å². The Labute approximate surface area is 131 Å². The first-order valence-corrected chi connectivity index (χ1v) is 7.90. The normalized spacial score (nSPS) is 14.6. The van der Waals surface area contributed by atoms with E-state index in [-0.39, 0.29) is 11.8 Å². The summed E-state index contributed by atoms with van der Waals surface area (Å²) in [5.74, 6) is 0.836. The molecule has 1 aliphatic rings. The van der Waals surface area contributed by atoms with Crippen molar-refractivity contribution in [2.75, 3.05) is 19.6 Å². The second kappa shape index (κ2) is 7.23. The molecule has 1 aliphatic heterocycles. The first-order valence-electron chi connectivity index (χ1n) is 7.90. The molecular weight excluding hydrogens is 272 g/mol. The van der Waals surface area contributed by atoms with Crippen LogP contribution in [0.5, 0.6) is 0 Å². The summed E-state index contributed by atoms with van der Waals surface area (Å²) in [5.41, 5.74) is 2.38. The van der Waals surface area contributed by atoms with E-state index in [9.17, 15) is 4.79 Å². The van der Waals surface area contributed by atoms with Gasteiger partial charge in [-0.25, -0.2) is 0 Å². The van der Waals surface area contributed by atoms with E-state index in [0.29, 0.717) is 12.3 Å². The van der Waals surface area contributed by atoms with Gasteiger partial charge in [-0.15, -0.1) is 0 Å². The summed E-state index contributed by atoms with van der Waals surface area (Å²) in [6.45, 7) is 2.81. The minimum Gasteiger partial charge on any atom is -0.356 e. The van der Waals surface area contributed by atoms with Crippen LogP contribution in [0.2, 0.25) is 0 Å². The van der Waals surface area contributed by atoms with Gasteiger partial charge in [-0.1, -0.05) is 60.7 Å². The molecule has 1 amide bonds. The van der Waals surface area contributed by atoms with Crippen molar-refractivity contribution in [2.45, 2.75) is 12.3 Å². The molecule has 1 saturated heterocycles. The van der Waals surface area contributed by atoms with Crippen molar-refractivity contribution in [3.8, 4) is 0 Å². The number of rotatable bonds is 6. The Bertz CT molecular complexity index is 554. The van der Waals surface area contributed by atoms with Crippen LogP contribution in [0.4, 0.5) is 0 Å². The Morgan fingerprint density at radius 2 is 1.55 bits per heavy atom. The predicted molar refractivity (Wildman–Crippen MR) is 88.7 cm³/mol. The van der Waals surface area contributed by atoms with Gasteiger partial charge < -0.3 is 10.6 Å². The maximum Gasteiger partial charge on any atom is 0.220 e. The Balaban J connectivity index is 1.69. The summed E-state index contributed by atoms with van der Waals surface area (Å²) in [7, 11) is 0. The molecule has 2 aromatic rings. The molecule has 0 spiro atoms. The number of carbonyl (C=O) groups excluding carboxylic acids is 1. The van der Waals surface area contributed by atoms with Crippen molar-refractivity contribution in [2.24, 2.45) is 5.92 Å². The van der Waals surface area contributed by atoms with Gasteiger partial charge >= 0.3 is 0 Å². The van der Waals surface area contributed by atoms with Gasteiger partial charge in [0.15, 0.2) is 0 Å². The summed E-state index contributed by atoms with van der Waals surface area (Å²) in [6.07, 6.45) is 0.494. The van der Waals surface area contributed by atoms with Crippen molar-refractivity contribution < 1.29 is 4.79 Å². The van der Waals surface area contributed by atoms with Crippen molar-refractivity contribution >= 4 is 5.91 Å². The molecule has 22 heavy (non-hydrogen) atoms. The highest BCUT2D eigenvalue weighted by Gasteiger charge is 2.20. The summed E-state index contributed by atoms with van der Waals surface area (Å²) in [6, 6.07) is 20.5. The van der Waals surface area contributed by atoms with E-state index in [2.05, 4.69) is 34.9 Å². The lowest BCUT2D eigenvalue weighted by atomic mass is 9.88. The van der Waals surface area contributed by atoms with Gasteiger partial charge in [-0.3, -0.25) is 4.79 Å². The van der Waals surface area contributed by atoms with Crippen LogP contribution >= 0.6 is 0 Å². The van der Waals surface area contributed by atoms with Crippen molar-refractivity contribution in [1.82, 2.24) is 10.6 Å². The molecule has 0 unspecified atom stereocenters. The number of amides is 1. The zero-order valence-corrected chi connectivity index (χ0v) is 12.7. The molecule has 3 nitrogen and oxygen atoms in total. The van der Waals surface area contributed by atoms with E-state index in [1.165, 1.54) is 11.1 Å². The lowest BCUT2D eigenvalue weighted by Crippen LogP contribution is -2.48. The predicted octanol–water partition coefficient (Wildman–Crippen LogP) is 2.54. The van der Waals surface area contributed by atoms with E-state index in [4.69, 9.17) is 0 Å². The fourth-order valence-electron chi connectivity index (χ4n) is 2.81. The largest absolute Gasteiger partial charge is 0.356 e. The fourth-order valence-corrected chi connectivity index (χ4v) is 2.81. The quantitative estimate of drug-likeness (QED) is 0.859. The highest BCUT2D eigenvalue weighted by molar-refractivity contribution is 5.77. The van der Waals surface area contributed by atoms with Gasteiger partial charge in [-0.2, -0.15) is 0 Å². The third-order valence-electron chi connectivity index (χ3n) is 4.25. The summed E-state index contributed by atoms with van der Waals surface area (Å²) in [5, 5.41) is 6.30. The Hall–Kier alpha value is -2.13. The monoisotopic (exact) mass is 294 g/mol. The Kier molecular flexibility index (Phi) is 4.86. The fraction of sp³-hybridized carbons (Fsp3) is 0.316. The second-order valence-electron chi connectivity index (χ2n) is 5.91. The molecule has 0 aliphatic carbocycles. The molecule has 3 heteroatoms. The van der Waals surface area contributed by atoms with Gasteiger partial charge in [0.2, 0.25) is 5.91 Å². The zero-order valence-electron chi connectivity index (χ0n) is 12.7. The maximum absolute atomic E-state index is 12.3. The molecule has 3 rings (SSSR count). The van der Waals surface area contributed by atoms with E-state index < -0.39 is 0 Å². The smallest absolute Gasteiger partial charge is 0.220 e. The molecule has 2 N–H and O–H groups in total. The summed E-state index contributed by atoms with van der Waals surface area (Å²) in [4.78, 5) is 12.3. The molecule has 0 bridgehead atoms. The van der Waals surface area contributed by atoms with E-state index in [1.807, 2.05) is 36.4 Å². The molecular formula is C19H22N2O.